The highest BCUT2D eigenvalue weighted by Crippen LogP contribution is 2.42. The van der Waals surface area contributed by atoms with Gasteiger partial charge in [0.15, 0.2) is 0 Å². The molecule has 0 fully saturated rings. The minimum Gasteiger partial charge on any atom is -0.0826 e. The summed E-state index contributed by atoms with van der Waals surface area (Å²) in [4.78, 5) is 0. The first kappa shape index (κ1) is 7.13. The normalized spacial score (nSPS) is 14.9. The lowest BCUT2D eigenvalue weighted by atomic mass is 10.1. The molecule has 0 aliphatic heterocycles. The average molecular weight is 297 g/mol. The molecule has 0 aliphatic rings. The lowest BCUT2D eigenvalue weighted by molar-refractivity contribution is 1.61. The van der Waals surface area contributed by atoms with Crippen LogP contribution in [0.2, 0.25) is 20.1 Å². The highest BCUT2D eigenvalue weighted by atomic mass is 35.5. The molecule has 0 saturated carbocycles. The number of hydrogen-bond donors (Lipinski definition) is 0. The maximum absolute atomic E-state index is 7.92. The summed E-state index contributed by atoms with van der Waals surface area (Å²) in [5.41, 5.74) is 0.149. The molecule has 0 aromatic heterocycles. The Morgan fingerprint density at radius 2 is 1.50 bits per heavy atom. The summed E-state index contributed by atoms with van der Waals surface area (Å²) in [5.74, 6) is 0. The highest BCUT2D eigenvalue weighted by molar-refractivity contribution is 6.50. The van der Waals surface area contributed by atoms with Crippen molar-refractivity contribution in [2.45, 2.75) is 0 Å². The van der Waals surface area contributed by atoms with E-state index >= 15 is 0 Å². The summed E-state index contributed by atoms with van der Waals surface area (Å²) in [5, 5.41) is -0.427. The fraction of sp³-hybridized carbons (Fsp3) is 0. The van der Waals surface area contributed by atoms with Crippen LogP contribution in [0.3, 0.4) is 0 Å². The standard InChI is InChI=1S/C12H6Cl4/c13-8-6-9(14)12(16)10(11(8)15)7-4-2-1-3-5-7/h1-6H/i1D,2D,3D,4D,6D. The monoisotopic (exact) mass is 295 g/mol. The smallest absolute Gasteiger partial charge is 0.0686 e. The number of rotatable bonds is 1. The van der Waals surface area contributed by atoms with Gasteiger partial charge in [-0.25, -0.2) is 0 Å². The molecule has 4 heteroatoms. The van der Waals surface area contributed by atoms with Gasteiger partial charge in [0, 0.05) is 5.56 Å². The minimum absolute atomic E-state index is 0.0693. The Balaban J connectivity index is 2.93. The van der Waals surface area contributed by atoms with Gasteiger partial charge in [0.05, 0.1) is 26.9 Å². The molecule has 82 valence electrons. The topological polar surface area (TPSA) is 0 Å². The van der Waals surface area contributed by atoms with Crippen LogP contribution in [0.15, 0.2) is 36.3 Å². The Hall–Kier alpha value is -0.400. The number of benzene rings is 2. The van der Waals surface area contributed by atoms with Gasteiger partial charge in [-0.2, -0.15) is 0 Å². The van der Waals surface area contributed by atoms with E-state index in [1.54, 1.807) is 0 Å². The summed E-state index contributed by atoms with van der Waals surface area (Å²) in [6, 6.07) is -0.397. The van der Waals surface area contributed by atoms with Crippen LogP contribution in [0.25, 0.3) is 11.1 Å². The Kier molecular flexibility index (Phi) is 2.16. The van der Waals surface area contributed by atoms with Gasteiger partial charge in [0.25, 0.3) is 0 Å². The first-order chi connectivity index (χ1) is 9.68. The Morgan fingerprint density at radius 3 is 2.12 bits per heavy atom. The largest absolute Gasteiger partial charge is 0.0826 e. The third-order valence-corrected chi connectivity index (χ3v) is 3.38. The SMILES string of the molecule is [2H]c1cc(-c2c(Cl)c(Cl)c([2H])c(Cl)c2Cl)c([2H])c([2H])c1[2H]. The molecule has 0 heterocycles. The molecule has 0 spiro atoms. The molecule has 0 atom stereocenters. The van der Waals surface area contributed by atoms with Gasteiger partial charge in [0.1, 0.15) is 0 Å². The highest BCUT2D eigenvalue weighted by Gasteiger charge is 2.14. The maximum Gasteiger partial charge on any atom is 0.0686 e. The first-order valence-corrected chi connectivity index (χ1v) is 5.60. The van der Waals surface area contributed by atoms with Gasteiger partial charge in [-0.3, -0.25) is 0 Å². The van der Waals surface area contributed by atoms with Crippen molar-refractivity contribution < 1.29 is 6.85 Å². The van der Waals surface area contributed by atoms with Crippen molar-refractivity contribution in [3.63, 3.8) is 0 Å². The molecule has 2 aromatic carbocycles. The molecule has 2 aromatic rings. The molecule has 0 amide bonds. The summed E-state index contributed by atoms with van der Waals surface area (Å²) < 4.78 is 38.5. The van der Waals surface area contributed by atoms with Crippen molar-refractivity contribution in [3.8, 4) is 11.1 Å². The van der Waals surface area contributed by atoms with Crippen molar-refractivity contribution in [2.75, 3.05) is 0 Å². The minimum atomic E-state index is -0.424. The van der Waals surface area contributed by atoms with Crippen LogP contribution in [0.4, 0.5) is 0 Å². The van der Waals surface area contributed by atoms with Crippen LogP contribution in [-0.2, 0) is 0 Å². The predicted octanol–water partition coefficient (Wildman–Crippen LogP) is 5.97. The molecule has 0 nitrogen and oxygen atoms in total. The molecule has 16 heavy (non-hydrogen) atoms. The molecule has 0 bridgehead atoms. The van der Waals surface area contributed by atoms with Crippen molar-refractivity contribution in [2.24, 2.45) is 0 Å². The van der Waals surface area contributed by atoms with E-state index in [9.17, 15) is 0 Å². The van der Waals surface area contributed by atoms with Crippen LogP contribution >= 0.6 is 46.4 Å². The van der Waals surface area contributed by atoms with Crippen LogP contribution < -0.4 is 0 Å². The summed E-state index contributed by atoms with van der Waals surface area (Å²) >= 11 is 24.0. The average Bonchev–Trinajstić information content (AvgIpc) is 2.46. The summed E-state index contributed by atoms with van der Waals surface area (Å²) in [6.07, 6.45) is 0. The van der Waals surface area contributed by atoms with E-state index in [2.05, 4.69) is 0 Å². The van der Waals surface area contributed by atoms with E-state index in [0.717, 1.165) is 0 Å². The second-order valence-electron chi connectivity index (χ2n) is 2.83. The van der Waals surface area contributed by atoms with Crippen LogP contribution in [0.1, 0.15) is 6.85 Å². The summed E-state index contributed by atoms with van der Waals surface area (Å²) in [6.45, 7) is 0. The van der Waals surface area contributed by atoms with Gasteiger partial charge < -0.3 is 0 Å². The van der Waals surface area contributed by atoms with Crippen LogP contribution in [0.5, 0.6) is 0 Å². The van der Waals surface area contributed by atoms with Crippen LogP contribution in [0, 0.1) is 0 Å². The Labute approximate surface area is 121 Å². The molecule has 0 aliphatic carbocycles. The lowest BCUT2D eigenvalue weighted by Gasteiger charge is -2.10. The predicted molar refractivity (Wildman–Crippen MR) is 71.9 cm³/mol. The fourth-order valence-corrected chi connectivity index (χ4v) is 2.13. The molecule has 2 rings (SSSR count). The van der Waals surface area contributed by atoms with Gasteiger partial charge in [-0.1, -0.05) is 76.6 Å². The van der Waals surface area contributed by atoms with Gasteiger partial charge in [0.2, 0.25) is 0 Å². The molecule has 0 N–H and O–H groups in total. The zero-order chi connectivity index (χ0) is 16.1. The van der Waals surface area contributed by atoms with Crippen molar-refractivity contribution >= 4 is 46.4 Å². The maximum atomic E-state index is 7.92. The second kappa shape index (κ2) is 4.85. The van der Waals surface area contributed by atoms with Gasteiger partial charge in [-0.15, -0.1) is 0 Å². The van der Waals surface area contributed by atoms with Gasteiger partial charge in [-0.05, 0) is 11.6 Å². The summed E-state index contributed by atoms with van der Waals surface area (Å²) in [7, 11) is 0. The third kappa shape index (κ3) is 2.16. The lowest BCUT2D eigenvalue weighted by Crippen LogP contribution is -1.84. The zero-order valence-corrected chi connectivity index (χ0v) is 10.6. The zero-order valence-electron chi connectivity index (χ0n) is 12.6. The van der Waals surface area contributed by atoms with E-state index < -0.39 is 6.04 Å². The molecular weight excluding hydrogens is 286 g/mol. The molecular formula is C12H6Cl4. The quantitative estimate of drug-likeness (QED) is 0.569. The van der Waals surface area contributed by atoms with Crippen molar-refractivity contribution in [1.82, 2.24) is 0 Å². The van der Waals surface area contributed by atoms with Crippen LogP contribution in [-0.4, -0.2) is 0 Å². The number of halogens is 4. The van der Waals surface area contributed by atoms with Crippen molar-refractivity contribution in [3.05, 3.63) is 56.4 Å². The second-order valence-corrected chi connectivity index (χ2v) is 4.35. The Morgan fingerprint density at radius 1 is 0.875 bits per heavy atom. The van der Waals surface area contributed by atoms with Crippen molar-refractivity contribution in [1.29, 1.82) is 0 Å². The van der Waals surface area contributed by atoms with E-state index in [1.807, 2.05) is 0 Å². The fourth-order valence-electron chi connectivity index (χ4n) is 1.17. The van der Waals surface area contributed by atoms with E-state index in [4.69, 9.17) is 53.3 Å². The van der Waals surface area contributed by atoms with E-state index in [-0.39, 0.29) is 55.4 Å². The number of hydrogen-bond acceptors (Lipinski definition) is 0. The molecule has 0 saturated heterocycles. The Bertz CT molecular complexity index is 731. The first-order valence-electron chi connectivity index (χ1n) is 6.58. The van der Waals surface area contributed by atoms with Gasteiger partial charge >= 0.3 is 0 Å². The molecule has 0 radical (unpaired) electrons. The third-order valence-electron chi connectivity index (χ3n) is 1.86. The van der Waals surface area contributed by atoms with E-state index in [0.29, 0.717) is 0 Å². The molecule has 0 unspecified atom stereocenters. The van der Waals surface area contributed by atoms with E-state index in [1.165, 1.54) is 6.07 Å².